The first-order valence-electron chi connectivity index (χ1n) is 11.3. The summed E-state index contributed by atoms with van der Waals surface area (Å²) in [5.41, 5.74) is 1.41. The number of rotatable bonds is 10. The van der Waals surface area contributed by atoms with Gasteiger partial charge in [0, 0.05) is 13.2 Å². The van der Waals surface area contributed by atoms with Crippen molar-refractivity contribution in [2.24, 2.45) is 21.3 Å². The van der Waals surface area contributed by atoms with E-state index in [-0.39, 0.29) is 12.6 Å². The highest BCUT2D eigenvalue weighted by Gasteiger charge is 2.29. The molecule has 1 saturated heterocycles. The lowest BCUT2D eigenvalue weighted by Gasteiger charge is -2.19. The van der Waals surface area contributed by atoms with E-state index in [0.717, 1.165) is 50.3 Å². The van der Waals surface area contributed by atoms with Crippen LogP contribution < -0.4 is 4.74 Å². The van der Waals surface area contributed by atoms with Crippen LogP contribution in [-0.2, 0) is 22.4 Å². The Morgan fingerprint density at radius 2 is 1.74 bits per heavy atom. The van der Waals surface area contributed by atoms with Crippen LogP contribution in [0.15, 0.2) is 63.9 Å². The molecule has 0 saturated carbocycles. The van der Waals surface area contributed by atoms with Crippen molar-refractivity contribution in [1.29, 1.82) is 0 Å². The molecule has 0 N–H and O–H groups in total. The Balaban J connectivity index is 1.40. The molecular formula is C25H30F3N3O3. The van der Waals surface area contributed by atoms with E-state index in [1.165, 1.54) is 12.1 Å². The van der Waals surface area contributed by atoms with Gasteiger partial charge in [0.25, 0.3) is 0 Å². The average molecular weight is 478 g/mol. The molecule has 0 aliphatic carbocycles. The topological polar surface area (TPSA) is 64.8 Å². The van der Waals surface area contributed by atoms with Gasteiger partial charge in [0.1, 0.15) is 25.0 Å². The normalized spacial score (nSPS) is 16.6. The van der Waals surface area contributed by atoms with E-state index in [0.29, 0.717) is 29.5 Å². The molecule has 0 bridgehead atoms. The van der Waals surface area contributed by atoms with Gasteiger partial charge >= 0.3 is 6.18 Å². The molecule has 2 aromatic carbocycles. The van der Waals surface area contributed by atoms with Gasteiger partial charge in [0.05, 0.1) is 17.8 Å². The van der Waals surface area contributed by atoms with Crippen LogP contribution in [0.2, 0.25) is 0 Å². The first kappa shape index (κ1) is 25.7. The van der Waals surface area contributed by atoms with Gasteiger partial charge in [0.2, 0.25) is 0 Å². The van der Waals surface area contributed by atoms with Crippen LogP contribution >= 0.6 is 0 Å². The Bertz CT molecular complexity index is 939. The highest BCUT2D eigenvalue weighted by Crippen LogP contribution is 2.29. The van der Waals surface area contributed by atoms with Gasteiger partial charge in [-0.05, 0) is 80.1 Å². The van der Waals surface area contributed by atoms with E-state index >= 15 is 0 Å². The molecule has 0 spiro atoms. The number of halogens is 3. The summed E-state index contributed by atoms with van der Waals surface area (Å²) in [5.74, 6) is 1.27. The molecule has 1 aliphatic rings. The number of azo groups is 1. The Morgan fingerprint density at radius 1 is 1.06 bits per heavy atom. The van der Waals surface area contributed by atoms with Crippen LogP contribution in [-0.4, -0.2) is 38.1 Å². The fraction of sp³-hybridized carbons (Fsp3) is 0.480. The third-order valence-corrected chi connectivity index (χ3v) is 5.44. The number of alkyl halides is 3. The van der Waals surface area contributed by atoms with E-state index in [1.54, 1.807) is 6.92 Å². The molecule has 1 heterocycles. The van der Waals surface area contributed by atoms with Crippen molar-refractivity contribution < 1.29 is 27.5 Å². The number of hydrogen-bond donors (Lipinski definition) is 0. The van der Waals surface area contributed by atoms with Gasteiger partial charge in [0.15, 0.2) is 0 Å². The number of hydrogen-bond acceptors (Lipinski definition) is 6. The van der Waals surface area contributed by atoms with Crippen molar-refractivity contribution in [3.63, 3.8) is 0 Å². The zero-order valence-corrected chi connectivity index (χ0v) is 19.4. The fourth-order valence-corrected chi connectivity index (χ4v) is 3.32. The lowest BCUT2D eigenvalue weighted by atomic mass is 10.0. The number of benzene rings is 2. The first-order chi connectivity index (χ1) is 16.3. The van der Waals surface area contributed by atoms with Crippen molar-refractivity contribution in [2.75, 3.05) is 26.4 Å². The first-order valence-corrected chi connectivity index (χ1v) is 11.3. The third kappa shape index (κ3) is 8.44. The van der Waals surface area contributed by atoms with E-state index in [9.17, 15) is 13.2 Å². The Kier molecular flexibility index (Phi) is 9.44. The molecule has 1 unspecified atom stereocenters. The summed E-state index contributed by atoms with van der Waals surface area (Å²) < 4.78 is 49.0. The van der Waals surface area contributed by atoms with Gasteiger partial charge in [-0.3, -0.25) is 0 Å². The van der Waals surface area contributed by atoms with Gasteiger partial charge in [-0.15, -0.1) is 0 Å². The minimum Gasteiger partial charge on any atom is -0.491 e. The largest absolute Gasteiger partial charge is 0.491 e. The summed E-state index contributed by atoms with van der Waals surface area (Å²) in [7, 11) is 0. The molecule has 0 aromatic heterocycles. The van der Waals surface area contributed by atoms with E-state index in [1.807, 2.05) is 31.2 Å². The maximum atomic E-state index is 12.6. The molecular weight excluding hydrogens is 447 g/mol. The van der Waals surface area contributed by atoms with E-state index in [4.69, 9.17) is 14.3 Å². The molecule has 34 heavy (non-hydrogen) atoms. The molecule has 3 rings (SSSR count). The SMILES string of the molecule is CC(=NOCc1ccc(C(F)(F)F)cc1)c1ccc(OCC(C)N=NCC2CCOCC2)cc1. The fourth-order valence-electron chi connectivity index (χ4n) is 3.32. The number of oxime groups is 1. The smallest absolute Gasteiger partial charge is 0.416 e. The number of nitrogens with zero attached hydrogens (tertiary/aromatic N) is 3. The molecule has 1 atom stereocenters. The van der Waals surface area contributed by atoms with Gasteiger partial charge in [-0.1, -0.05) is 17.3 Å². The van der Waals surface area contributed by atoms with Gasteiger partial charge in [-0.25, -0.2) is 0 Å². The molecule has 184 valence electrons. The van der Waals surface area contributed by atoms with Crippen LogP contribution in [0.4, 0.5) is 13.2 Å². The quantitative estimate of drug-likeness (QED) is 0.229. The standard InChI is InChI=1S/C25H30F3N3O3/c1-18(30-29-15-20-11-13-32-14-12-20)16-33-24-9-5-22(6-10-24)19(2)31-34-17-21-3-7-23(8-4-21)25(26,27)28/h3-10,18,20H,11-17H2,1-2H3. The zero-order valence-electron chi connectivity index (χ0n) is 19.4. The van der Waals surface area contributed by atoms with E-state index < -0.39 is 11.7 Å². The third-order valence-electron chi connectivity index (χ3n) is 5.44. The lowest BCUT2D eigenvalue weighted by Crippen LogP contribution is -2.18. The van der Waals surface area contributed by atoms with Crippen molar-refractivity contribution in [1.82, 2.24) is 0 Å². The van der Waals surface area contributed by atoms with Crippen molar-refractivity contribution in [3.05, 3.63) is 65.2 Å². The molecule has 1 fully saturated rings. The highest BCUT2D eigenvalue weighted by atomic mass is 19.4. The van der Waals surface area contributed by atoms with Crippen molar-refractivity contribution >= 4 is 5.71 Å². The Morgan fingerprint density at radius 3 is 2.38 bits per heavy atom. The second kappa shape index (κ2) is 12.5. The van der Waals surface area contributed by atoms with Gasteiger partial charge in [-0.2, -0.15) is 23.4 Å². The molecule has 9 heteroatoms. The monoisotopic (exact) mass is 477 g/mol. The summed E-state index contributed by atoms with van der Waals surface area (Å²) >= 11 is 0. The summed E-state index contributed by atoms with van der Waals surface area (Å²) in [6.45, 7) is 6.63. The van der Waals surface area contributed by atoms with Crippen LogP contribution in [0, 0.1) is 5.92 Å². The van der Waals surface area contributed by atoms with Crippen molar-refractivity contribution in [2.45, 2.75) is 45.5 Å². The molecule has 6 nitrogen and oxygen atoms in total. The average Bonchev–Trinajstić information content (AvgIpc) is 2.83. The Hall–Kier alpha value is -2.94. The molecule has 1 aliphatic heterocycles. The maximum absolute atomic E-state index is 12.6. The van der Waals surface area contributed by atoms with E-state index in [2.05, 4.69) is 15.4 Å². The summed E-state index contributed by atoms with van der Waals surface area (Å²) in [4.78, 5) is 5.30. The van der Waals surface area contributed by atoms with Crippen LogP contribution in [0.1, 0.15) is 43.4 Å². The molecule has 0 radical (unpaired) electrons. The number of ether oxygens (including phenoxy) is 2. The van der Waals surface area contributed by atoms with Crippen LogP contribution in [0.25, 0.3) is 0 Å². The second-order valence-corrected chi connectivity index (χ2v) is 8.32. The lowest BCUT2D eigenvalue weighted by molar-refractivity contribution is -0.137. The summed E-state index contributed by atoms with van der Waals surface area (Å²) in [5, 5.41) is 12.7. The zero-order chi connectivity index (χ0) is 24.4. The Labute approximate surface area is 197 Å². The minimum atomic E-state index is -4.35. The minimum absolute atomic E-state index is 0.0404. The van der Waals surface area contributed by atoms with Crippen LogP contribution in [0.3, 0.4) is 0 Å². The molecule has 0 amide bonds. The van der Waals surface area contributed by atoms with Crippen LogP contribution in [0.5, 0.6) is 5.75 Å². The predicted molar refractivity (Wildman–Crippen MR) is 123 cm³/mol. The van der Waals surface area contributed by atoms with Gasteiger partial charge < -0.3 is 14.3 Å². The predicted octanol–water partition coefficient (Wildman–Crippen LogP) is 6.29. The summed E-state index contributed by atoms with van der Waals surface area (Å²) in [6.07, 6.45) is -2.27. The second-order valence-electron chi connectivity index (χ2n) is 8.32. The highest BCUT2D eigenvalue weighted by molar-refractivity contribution is 5.98. The molecule has 2 aromatic rings. The maximum Gasteiger partial charge on any atom is 0.416 e. The van der Waals surface area contributed by atoms with Crippen molar-refractivity contribution in [3.8, 4) is 5.75 Å². The summed E-state index contributed by atoms with van der Waals surface area (Å²) in [6, 6.07) is 12.2.